The molecule has 0 saturated heterocycles. The van der Waals surface area contributed by atoms with Gasteiger partial charge < -0.3 is 21.3 Å². The summed E-state index contributed by atoms with van der Waals surface area (Å²) < 4.78 is 12.9. The topological polar surface area (TPSA) is 82.3 Å². The highest BCUT2D eigenvalue weighted by Gasteiger charge is 2.23. The molecule has 3 rings (SSSR count). The van der Waals surface area contributed by atoms with Gasteiger partial charge in [-0.25, -0.2) is 9.18 Å². The summed E-state index contributed by atoms with van der Waals surface area (Å²) in [4.78, 5) is 23.9. The van der Waals surface area contributed by atoms with Crippen molar-refractivity contribution in [3.8, 4) is 0 Å². The maximum Gasteiger partial charge on any atom is 0.319 e. The molecule has 2 aromatic rings. The highest BCUT2D eigenvalue weighted by Crippen LogP contribution is 2.19. The van der Waals surface area contributed by atoms with E-state index in [0.717, 1.165) is 24.1 Å². The summed E-state index contributed by atoms with van der Waals surface area (Å²) in [6.45, 7) is 2.10. The van der Waals surface area contributed by atoms with Crippen LogP contribution in [0.25, 0.3) is 0 Å². The molecule has 0 spiro atoms. The molecule has 27 heavy (non-hydrogen) atoms. The first-order valence-electron chi connectivity index (χ1n) is 8.96. The van der Waals surface area contributed by atoms with Gasteiger partial charge >= 0.3 is 6.03 Å². The lowest BCUT2D eigenvalue weighted by Gasteiger charge is -2.16. The standard InChI is InChI=1S/C20H23FN4O2/c1-13(19(26)22-12-14-2-4-15(21)5-3-14)23-16-6-8-17(9-7-16)24-20(27)25-18-10-11-18/h2-9,13,18,23H,10-12H2,1H3,(H,22,26)(H2,24,25,27). The number of nitrogens with one attached hydrogen (secondary N) is 4. The smallest absolute Gasteiger partial charge is 0.319 e. The van der Waals surface area contributed by atoms with Crippen LogP contribution in [-0.4, -0.2) is 24.0 Å². The molecule has 0 bridgehead atoms. The number of carbonyl (C=O) groups excluding carboxylic acids is 2. The van der Waals surface area contributed by atoms with Crippen LogP contribution in [-0.2, 0) is 11.3 Å². The second kappa shape index (κ2) is 8.53. The van der Waals surface area contributed by atoms with Crippen molar-refractivity contribution in [1.29, 1.82) is 0 Å². The Bertz CT molecular complexity index is 789. The summed E-state index contributed by atoms with van der Waals surface area (Å²) in [5, 5.41) is 11.6. The van der Waals surface area contributed by atoms with Crippen molar-refractivity contribution >= 4 is 23.3 Å². The molecule has 0 radical (unpaired) electrons. The van der Waals surface area contributed by atoms with E-state index in [1.54, 1.807) is 43.3 Å². The van der Waals surface area contributed by atoms with Crippen LogP contribution in [0.4, 0.5) is 20.6 Å². The minimum absolute atomic E-state index is 0.162. The first-order chi connectivity index (χ1) is 13.0. The number of hydrogen-bond acceptors (Lipinski definition) is 3. The summed E-state index contributed by atoms with van der Waals surface area (Å²) in [6, 6.07) is 12.8. The van der Waals surface area contributed by atoms with Gasteiger partial charge in [0.2, 0.25) is 5.91 Å². The largest absolute Gasteiger partial charge is 0.374 e. The van der Waals surface area contributed by atoms with Crippen molar-refractivity contribution in [2.45, 2.75) is 38.4 Å². The fourth-order valence-corrected chi connectivity index (χ4v) is 2.49. The second-order valence-electron chi connectivity index (χ2n) is 6.66. The number of rotatable bonds is 7. The molecule has 4 N–H and O–H groups in total. The SMILES string of the molecule is CC(Nc1ccc(NC(=O)NC2CC2)cc1)C(=O)NCc1ccc(F)cc1. The van der Waals surface area contributed by atoms with Crippen molar-refractivity contribution in [2.75, 3.05) is 10.6 Å². The van der Waals surface area contributed by atoms with Crippen LogP contribution >= 0.6 is 0 Å². The zero-order chi connectivity index (χ0) is 19.2. The average molecular weight is 370 g/mol. The minimum atomic E-state index is -0.442. The molecular weight excluding hydrogens is 347 g/mol. The van der Waals surface area contributed by atoms with Gasteiger partial charge in [0, 0.05) is 24.0 Å². The van der Waals surface area contributed by atoms with Crippen LogP contribution in [0.1, 0.15) is 25.3 Å². The lowest BCUT2D eigenvalue weighted by Crippen LogP contribution is -2.37. The van der Waals surface area contributed by atoms with Crippen molar-refractivity contribution in [1.82, 2.24) is 10.6 Å². The number of benzene rings is 2. The summed E-state index contributed by atoms with van der Waals surface area (Å²) in [7, 11) is 0. The Hall–Kier alpha value is -3.09. The highest BCUT2D eigenvalue weighted by molar-refractivity contribution is 5.90. The van der Waals surface area contributed by atoms with Crippen LogP contribution in [0.2, 0.25) is 0 Å². The number of carbonyl (C=O) groups is 2. The van der Waals surface area contributed by atoms with E-state index in [-0.39, 0.29) is 17.8 Å². The lowest BCUT2D eigenvalue weighted by atomic mass is 10.2. The zero-order valence-electron chi connectivity index (χ0n) is 15.1. The Labute approximate surface area is 157 Å². The molecule has 1 saturated carbocycles. The minimum Gasteiger partial charge on any atom is -0.374 e. The van der Waals surface area contributed by atoms with Crippen LogP contribution < -0.4 is 21.3 Å². The van der Waals surface area contributed by atoms with Gasteiger partial charge in [-0.15, -0.1) is 0 Å². The van der Waals surface area contributed by atoms with E-state index in [1.807, 2.05) is 0 Å². The van der Waals surface area contributed by atoms with E-state index < -0.39 is 6.04 Å². The number of halogens is 1. The molecule has 1 unspecified atom stereocenters. The second-order valence-corrected chi connectivity index (χ2v) is 6.66. The maximum atomic E-state index is 12.9. The Morgan fingerprint density at radius 2 is 1.67 bits per heavy atom. The fourth-order valence-electron chi connectivity index (χ4n) is 2.49. The van der Waals surface area contributed by atoms with Gasteiger partial charge in [-0.05, 0) is 61.7 Å². The summed E-state index contributed by atoms with van der Waals surface area (Å²) in [6.07, 6.45) is 2.08. The van der Waals surface area contributed by atoms with Crippen LogP contribution in [0.15, 0.2) is 48.5 Å². The molecule has 1 aliphatic rings. The molecular formula is C20H23FN4O2. The Morgan fingerprint density at radius 1 is 1.04 bits per heavy atom. The van der Waals surface area contributed by atoms with E-state index in [0.29, 0.717) is 18.3 Å². The number of amides is 3. The molecule has 2 aromatic carbocycles. The van der Waals surface area contributed by atoms with Gasteiger partial charge in [0.15, 0.2) is 0 Å². The molecule has 0 aromatic heterocycles. The Balaban J connectivity index is 1.44. The molecule has 1 atom stereocenters. The van der Waals surface area contributed by atoms with E-state index in [4.69, 9.17) is 0 Å². The van der Waals surface area contributed by atoms with E-state index in [9.17, 15) is 14.0 Å². The number of hydrogen-bond donors (Lipinski definition) is 4. The van der Waals surface area contributed by atoms with Gasteiger partial charge in [-0.1, -0.05) is 12.1 Å². The first-order valence-corrected chi connectivity index (χ1v) is 8.96. The van der Waals surface area contributed by atoms with Crippen LogP contribution in [0.3, 0.4) is 0 Å². The molecule has 142 valence electrons. The molecule has 1 fully saturated rings. The predicted molar refractivity (Wildman–Crippen MR) is 103 cm³/mol. The van der Waals surface area contributed by atoms with E-state index in [2.05, 4.69) is 21.3 Å². The van der Waals surface area contributed by atoms with E-state index >= 15 is 0 Å². The summed E-state index contributed by atoms with van der Waals surface area (Å²) in [5.41, 5.74) is 2.29. The average Bonchev–Trinajstić information content (AvgIpc) is 3.46. The zero-order valence-corrected chi connectivity index (χ0v) is 15.1. The third kappa shape index (κ3) is 5.99. The van der Waals surface area contributed by atoms with E-state index in [1.165, 1.54) is 12.1 Å². The van der Waals surface area contributed by atoms with Gasteiger partial charge in [-0.3, -0.25) is 4.79 Å². The van der Waals surface area contributed by atoms with Crippen LogP contribution in [0.5, 0.6) is 0 Å². The van der Waals surface area contributed by atoms with Crippen molar-refractivity contribution in [3.63, 3.8) is 0 Å². The van der Waals surface area contributed by atoms with Gasteiger partial charge in [-0.2, -0.15) is 0 Å². The summed E-state index contributed by atoms with van der Waals surface area (Å²) >= 11 is 0. The lowest BCUT2D eigenvalue weighted by molar-refractivity contribution is -0.121. The highest BCUT2D eigenvalue weighted by atomic mass is 19.1. The molecule has 6 nitrogen and oxygen atoms in total. The molecule has 7 heteroatoms. The van der Waals surface area contributed by atoms with Crippen molar-refractivity contribution < 1.29 is 14.0 Å². The number of urea groups is 1. The van der Waals surface area contributed by atoms with Crippen LogP contribution in [0, 0.1) is 5.82 Å². The monoisotopic (exact) mass is 370 g/mol. The third-order valence-electron chi connectivity index (χ3n) is 4.21. The predicted octanol–water partition coefficient (Wildman–Crippen LogP) is 3.23. The molecule has 0 heterocycles. The fraction of sp³-hybridized carbons (Fsp3) is 0.300. The third-order valence-corrected chi connectivity index (χ3v) is 4.21. The normalized spacial score (nSPS) is 14.1. The number of anilines is 2. The first kappa shape index (κ1) is 18.7. The van der Waals surface area contributed by atoms with Gasteiger partial charge in [0.25, 0.3) is 0 Å². The maximum absolute atomic E-state index is 12.9. The molecule has 1 aliphatic carbocycles. The van der Waals surface area contributed by atoms with Gasteiger partial charge in [0.1, 0.15) is 11.9 Å². The Morgan fingerprint density at radius 3 is 2.30 bits per heavy atom. The summed E-state index contributed by atoms with van der Waals surface area (Å²) in [5.74, 6) is -0.464. The quantitative estimate of drug-likeness (QED) is 0.604. The molecule has 3 amide bonds. The Kier molecular flexibility index (Phi) is 5.90. The van der Waals surface area contributed by atoms with Gasteiger partial charge in [0.05, 0.1) is 0 Å². The van der Waals surface area contributed by atoms with Crippen molar-refractivity contribution in [2.24, 2.45) is 0 Å². The van der Waals surface area contributed by atoms with Crippen molar-refractivity contribution in [3.05, 3.63) is 59.9 Å². The molecule has 0 aliphatic heterocycles.